The third-order valence-corrected chi connectivity index (χ3v) is 7.60. The third kappa shape index (κ3) is 4.33. The van der Waals surface area contributed by atoms with Crippen LogP contribution in [-0.4, -0.2) is 39.3 Å². The lowest BCUT2D eigenvalue weighted by atomic mass is 10.0. The fourth-order valence-corrected chi connectivity index (χ4v) is 5.64. The second kappa shape index (κ2) is 9.70. The lowest BCUT2D eigenvalue weighted by molar-refractivity contribution is -0.117. The van der Waals surface area contributed by atoms with Crippen molar-refractivity contribution in [2.24, 2.45) is 0 Å². The van der Waals surface area contributed by atoms with Crippen molar-refractivity contribution >= 4 is 23.4 Å². The Kier molecular flexibility index (Phi) is 6.11. The number of amides is 1. The van der Waals surface area contributed by atoms with Gasteiger partial charge in [-0.1, -0.05) is 66.4 Å². The molecular formula is C28H26N4O3S. The van der Waals surface area contributed by atoms with Crippen molar-refractivity contribution in [1.82, 2.24) is 14.8 Å². The molecule has 1 amide bonds. The summed E-state index contributed by atoms with van der Waals surface area (Å²) >= 11 is 1.45. The summed E-state index contributed by atoms with van der Waals surface area (Å²) in [5, 5.41) is 9.44. The van der Waals surface area contributed by atoms with E-state index in [-0.39, 0.29) is 18.0 Å². The van der Waals surface area contributed by atoms with Gasteiger partial charge in [0.2, 0.25) is 12.7 Å². The van der Waals surface area contributed by atoms with E-state index in [0.29, 0.717) is 11.7 Å². The van der Waals surface area contributed by atoms with Gasteiger partial charge in [0.05, 0.1) is 11.8 Å². The minimum Gasteiger partial charge on any atom is -0.454 e. The van der Waals surface area contributed by atoms with Crippen LogP contribution in [0.3, 0.4) is 0 Å². The zero-order chi connectivity index (χ0) is 24.5. The van der Waals surface area contributed by atoms with Crippen molar-refractivity contribution in [3.63, 3.8) is 0 Å². The smallest absolute Gasteiger partial charge is 0.240 e. The van der Waals surface area contributed by atoms with E-state index in [2.05, 4.69) is 20.8 Å². The Bertz CT molecular complexity index is 1410. The highest BCUT2D eigenvalue weighted by atomic mass is 32.2. The number of nitrogens with zero attached hydrogens (tertiary/aromatic N) is 4. The normalized spacial score (nSPS) is 15.0. The number of carbonyl (C=O) groups is 1. The number of para-hydroxylation sites is 1. The fraction of sp³-hybridized carbons (Fsp3) is 0.250. The summed E-state index contributed by atoms with van der Waals surface area (Å²) in [4.78, 5) is 15.5. The molecule has 36 heavy (non-hydrogen) atoms. The fourth-order valence-electron chi connectivity index (χ4n) is 4.73. The molecule has 7 nitrogen and oxygen atoms in total. The van der Waals surface area contributed by atoms with Crippen LogP contribution >= 0.6 is 11.8 Å². The molecule has 1 atom stereocenters. The maximum Gasteiger partial charge on any atom is 0.240 e. The SMILES string of the molecule is CC(Sc1nnc(-c2ccccc2)n1Cc1ccc2c(c1)OCO2)C(=O)N1CCCc2ccccc21. The molecule has 8 heteroatoms. The monoisotopic (exact) mass is 498 g/mol. The molecule has 1 unspecified atom stereocenters. The Morgan fingerprint density at radius 1 is 1.00 bits per heavy atom. The van der Waals surface area contributed by atoms with Gasteiger partial charge in [-0.15, -0.1) is 10.2 Å². The van der Waals surface area contributed by atoms with E-state index >= 15 is 0 Å². The van der Waals surface area contributed by atoms with Crippen molar-refractivity contribution in [2.45, 2.75) is 36.7 Å². The first-order valence-electron chi connectivity index (χ1n) is 12.1. The van der Waals surface area contributed by atoms with Crippen LogP contribution in [0.25, 0.3) is 11.4 Å². The highest BCUT2D eigenvalue weighted by molar-refractivity contribution is 8.00. The molecule has 3 heterocycles. The van der Waals surface area contributed by atoms with Crippen LogP contribution in [0, 0.1) is 0 Å². The lowest BCUT2D eigenvalue weighted by Crippen LogP contribution is -2.40. The first-order chi connectivity index (χ1) is 17.7. The molecule has 0 saturated heterocycles. The van der Waals surface area contributed by atoms with Crippen molar-refractivity contribution in [1.29, 1.82) is 0 Å². The Hall–Kier alpha value is -3.78. The topological polar surface area (TPSA) is 69.5 Å². The molecule has 0 fully saturated rings. The van der Waals surface area contributed by atoms with E-state index in [1.165, 1.54) is 17.3 Å². The molecule has 2 aliphatic rings. The molecule has 2 aliphatic heterocycles. The number of benzene rings is 3. The van der Waals surface area contributed by atoms with Crippen LogP contribution in [0.2, 0.25) is 0 Å². The van der Waals surface area contributed by atoms with Gasteiger partial charge in [0.15, 0.2) is 22.5 Å². The summed E-state index contributed by atoms with van der Waals surface area (Å²) in [6.07, 6.45) is 1.98. The van der Waals surface area contributed by atoms with Gasteiger partial charge < -0.3 is 14.4 Å². The van der Waals surface area contributed by atoms with Crippen LogP contribution < -0.4 is 14.4 Å². The molecule has 182 valence electrons. The lowest BCUT2D eigenvalue weighted by Gasteiger charge is -2.31. The van der Waals surface area contributed by atoms with Crippen LogP contribution in [0.15, 0.2) is 78.0 Å². The van der Waals surface area contributed by atoms with Crippen LogP contribution in [-0.2, 0) is 17.8 Å². The second-order valence-electron chi connectivity index (χ2n) is 8.93. The predicted octanol–water partition coefficient (Wildman–Crippen LogP) is 5.18. The summed E-state index contributed by atoms with van der Waals surface area (Å²) in [7, 11) is 0. The van der Waals surface area contributed by atoms with E-state index < -0.39 is 0 Å². The van der Waals surface area contributed by atoms with E-state index in [9.17, 15) is 4.79 Å². The Morgan fingerprint density at radius 2 is 1.81 bits per heavy atom. The quantitative estimate of drug-likeness (QED) is 0.341. The Balaban J connectivity index is 1.30. The number of carbonyl (C=O) groups excluding carboxylic acids is 1. The molecule has 0 N–H and O–H groups in total. The van der Waals surface area contributed by atoms with Gasteiger partial charge in [-0.2, -0.15) is 0 Å². The van der Waals surface area contributed by atoms with Crippen LogP contribution in [0.5, 0.6) is 11.5 Å². The highest BCUT2D eigenvalue weighted by Crippen LogP contribution is 2.35. The van der Waals surface area contributed by atoms with Crippen molar-refractivity contribution < 1.29 is 14.3 Å². The van der Waals surface area contributed by atoms with Crippen molar-refractivity contribution in [3.05, 3.63) is 83.9 Å². The second-order valence-corrected chi connectivity index (χ2v) is 10.2. The molecule has 0 spiro atoms. The van der Waals surface area contributed by atoms with E-state index in [1.54, 1.807) is 0 Å². The minimum atomic E-state index is -0.320. The number of ether oxygens (including phenoxy) is 2. The zero-order valence-electron chi connectivity index (χ0n) is 20.0. The van der Waals surface area contributed by atoms with Gasteiger partial charge in [0, 0.05) is 17.8 Å². The average Bonchev–Trinajstić information content (AvgIpc) is 3.55. The number of rotatable bonds is 6. The molecule has 0 saturated carbocycles. The molecular weight excluding hydrogens is 472 g/mol. The third-order valence-electron chi connectivity index (χ3n) is 6.53. The Labute approximate surface area is 214 Å². The van der Waals surface area contributed by atoms with Gasteiger partial charge in [-0.25, -0.2) is 0 Å². The largest absolute Gasteiger partial charge is 0.454 e. The Morgan fingerprint density at radius 3 is 2.69 bits per heavy atom. The molecule has 4 aromatic rings. The zero-order valence-corrected chi connectivity index (χ0v) is 20.8. The summed E-state index contributed by atoms with van der Waals surface area (Å²) in [5.41, 5.74) is 4.27. The number of thioether (sulfide) groups is 1. The summed E-state index contributed by atoms with van der Waals surface area (Å²) in [5.74, 6) is 2.34. The van der Waals surface area contributed by atoms with E-state index in [1.807, 2.05) is 78.6 Å². The van der Waals surface area contributed by atoms with Crippen LogP contribution in [0.4, 0.5) is 5.69 Å². The number of aromatic nitrogens is 3. The van der Waals surface area contributed by atoms with Gasteiger partial charge in [0.25, 0.3) is 0 Å². The van der Waals surface area contributed by atoms with Gasteiger partial charge in [-0.05, 0) is 49.1 Å². The van der Waals surface area contributed by atoms with Gasteiger partial charge >= 0.3 is 0 Å². The number of hydrogen-bond donors (Lipinski definition) is 0. The highest BCUT2D eigenvalue weighted by Gasteiger charge is 2.28. The summed E-state index contributed by atoms with van der Waals surface area (Å²) in [6.45, 7) is 3.47. The first-order valence-corrected chi connectivity index (χ1v) is 13.0. The maximum atomic E-state index is 13.6. The molecule has 0 bridgehead atoms. The van der Waals surface area contributed by atoms with Crippen LogP contribution in [0.1, 0.15) is 24.5 Å². The predicted molar refractivity (Wildman–Crippen MR) is 140 cm³/mol. The number of aryl methyl sites for hydroxylation is 1. The van der Waals surface area contributed by atoms with E-state index in [0.717, 1.165) is 53.5 Å². The number of fused-ring (bicyclic) bond motifs is 2. The first kappa shape index (κ1) is 22.7. The molecule has 6 rings (SSSR count). The summed E-state index contributed by atoms with van der Waals surface area (Å²) in [6, 6.07) is 24.1. The number of anilines is 1. The van der Waals surface area contributed by atoms with Crippen molar-refractivity contribution in [3.8, 4) is 22.9 Å². The standard InChI is InChI=1S/C28H26N4O3S/c1-19(27(33)31-15-7-11-21-8-5-6-12-23(21)31)36-28-30-29-26(22-9-3-2-4-10-22)32(28)17-20-13-14-24-25(16-20)35-18-34-24/h2-6,8-10,12-14,16,19H,7,11,15,17-18H2,1H3. The molecule has 3 aromatic carbocycles. The van der Waals surface area contributed by atoms with E-state index in [4.69, 9.17) is 9.47 Å². The minimum absolute atomic E-state index is 0.0889. The molecule has 0 radical (unpaired) electrons. The van der Waals surface area contributed by atoms with Gasteiger partial charge in [0.1, 0.15) is 0 Å². The maximum absolute atomic E-state index is 13.6. The van der Waals surface area contributed by atoms with Crippen molar-refractivity contribution in [2.75, 3.05) is 18.2 Å². The molecule has 1 aromatic heterocycles. The van der Waals surface area contributed by atoms with Gasteiger partial charge in [-0.3, -0.25) is 9.36 Å². The average molecular weight is 499 g/mol. The number of hydrogen-bond acceptors (Lipinski definition) is 6. The summed E-state index contributed by atoms with van der Waals surface area (Å²) < 4.78 is 13.1. The molecule has 0 aliphatic carbocycles.